The number of benzene rings is 1. The van der Waals surface area contributed by atoms with Crippen LogP contribution in [0.4, 0.5) is 5.69 Å². The molecule has 0 aliphatic carbocycles. The van der Waals surface area contributed by atoms with E-state index in [2.05, 4.69) is 11.9 Å². The molecule has 7 nitrogen and oxygen atoms in total. The topological polar surface area (TPSA) is 79.0 Å². The molecule has 0 saturated carbocycles. The van der Waals surface area contributed by atoms with E-state index in [1.165, 1.54) is 22.7 Å². The fraction of sp³-hybridized carbons (Fsp3) is 0.471. The number of hydrogen-bond acceptors (Lipinski definition) is 4. The van der Waals surface area contributed by atoms with Gasteiger partial charge < -0.3 is 10.1 Å². The molecule has 0 spiro atoms. The molecular formula is C17H25N3O4S. The molecule has 1 amide bonds. The van der Waals surface area contributed by atoms with E-state index in [1.807, 2.05) is 6.07 Å². The van der Waals surface area contributed by atoms with Crippen LogP contribution in [0, 0.1) is 5.92 Å². The zero-order valence-electron chi connectivity index (χ0n) is 14.6. The number of anilines is 1. The van der Waals surface area contributed by atoms with Crippen LogP contribution in [0.2, 0.25) is 0 Å². The Balaban J connectivity index is 1.92. The predicted octanol–water partition coefficient (Wildman–Crippen LogP) is 1.71. The highest BCUT2D eigenvalue weighted by atomic mass is 32.2. The molecule has 1 aromatic rings. The van der Waals surface area contributed by atoms with Crippen LogP contribution >= 0.6 is 0 Å². The lowest BCUT2D eigenvalue weighted by molar-refractivity contribution is -0.120. The third-order valence-electron chi connectivity index (χ3n) is 4.08. The minimum absolute atomic E-state index is 0.0947. The SMILES string of the molecule is C=CCOc1cccc(NC(=O)C2CCN(S(=O)(=O)N(C)C)CC2)c1. The van der Waals surface area contributed by atoms with Crippen LogP contribution in [-0.4, -0.2) is 56.7 Å². The van der Waals surface area contributed by atoms with Crippen molar-refractivity contribution in [1.82, 2.24) is 8.61 Å². The van der Waals surface area contributed by atoms with Crippen molar-refractivity contribution in [2.45, 2.75) is 12.8 Å². The average Bonchev–Trinajstić information content (AvgIpc) is 2.60. The summed E-state index contributed by atoms with van der Waals surface area (Å²) in [6.45, 7) is 4.69. The molecule has 0 bridgehead atoms. The molecule has 1 aliphatic rings. The van der Waals surface area contributed by atoms with Gasteiger partial charge in [0.05, 0.1) is 0 Å². The van der Waals surface area contributed by atoms with Gasteiger partial charge in [0.15, 0.2) is 0 Å². The van der Waals surface area contributed by atoms with Gasteiger partial charge in [-0.25, -0.2) is 0 Å². The maximum absolute atomic E-state index is 12.4. The molecule has 1 N–H and O–H groups in total. The summed E-state index contributed by atoms with van der Waals surface area (Å²) in [6.07, 6.45) is 2.66. The van der Waals surface area contributed by atoms with E-state index in [4.69, 9.17) is 4.74 Å². The Kier molecular flexibility index (Phi) is 6.57. The van der Waals surface area contributed by atoms with Gasteiger partial charge in [-0.05, 0) is 25.0 Å². The van der Waals surface area contributed by atoms with Crippen LogP contribution in [0.25, 0.3) is 0 Å². The minimum atomic E-state index is -3.41. The first-order valence-corrected chi connectivity index (χ1v) is 9.56. The molecule has 138 valence electrons. The lowest BCUT2D eigenvalue weighted by atomic mass is 9.97. The number of nitrogens with zero attached hydrogens (tertiary/aromatic N) is 2. The highest BCUT2D eigenvalue weighted by Gasteiger charge is 2.32. The highest BCUT2D eigenvalue weighted by Crippen LogP contribution is 2.23. The fourth-order valence-corrected chi connectivity index (χ4v) is 3.78. The third-order valence-corrected chi connectivity index (χ3v) is 6.02. The van der Waals surface area contributed by atoms with Gasteiger partial charge in [0, 0.05) is 44.9 Å². The smallest absolute Gasteiger partial charge is 0.281 e. The van der Waals surface area contributed by atoms with Gasteiger partial charge in [0.1, 0.15) is 12.4 Å². The first-order chi connectivity index (χ1) is 11.8. The normalized spacial score (nSPS) is 16.6. The van der Waals surface area contributed by atoms with Gasteiger partial charge in [-0.3, -0.25) is 4.79 Å². The second-order valence-corrected chi connectivity index (χ2v) is 8.22. The molecule has 0 radical (unpaired) electrons. The Morgan fingerprint density at radius 3 is 2.68 bits per heavy atom. The standard InChI is InChI=1S/C17H25N3O4S/c1-4-12-24-16-7-5-6-15(13-16)18-17(21)14-8-10-20(11-9-14)25(22,23)19(2)3/h4-7,13-14H,1,8-12H2,2-3H3,(H,18,21). The van der Waals surface area contributed by atoms with Gasteiger partial charge in [0.2, 0.25) is 5.91 Å². The third kappa shape index (κ3) is 5.04. The van der Waals surface area contributed by atoms with Crippen molar-refractivity contribution in [3.63, 3.8) is 0 Å². The molecule has 8 heteroatoms. The summed E-state index contributed by atoms with van der Waals surface area (Å²) < 4.78 is 32.3. The molecule has 1 aromatic carbocycles. The molecule has 1 heterocycles. The van der Waals surface area contributed by atoms with Crippen LogP contribution in [0.15, 0.2) is 36.9 Å². The summed E-state index contributed by atoms with van der Waals surface area (Å²) in [7, 11) is -0.393. The Morgan fingerprint density at radius 2 is 2.08 bits per heavy atom. The van der Waals surface area contributed by atoms with Crippen molar-refractivity contribution in [1.29, 1.82) is 0 Å². The van der Waals surface area contributed by atoms with Gasteiger partial charge >= 0.3 is 0 Å². The number of carbonyl (C=O) groups is 1. The fourth-order valence-electron chi connectivity index (χ4n) is 2.64. The predicted molar refractivity (Wildman–Crippen MR) is 97.7 cm³/mol. The molecule has 0 aromatic heterocycles. The largest absolute Gasteiger partial charge is 0.489 e. The molecule has 1 fully saturated rings. The minimum Gasteiger partial charge on any atom is -0.489 e. The maximum Gasteiger partial charge on any atom is 0.281 e. The van der Waals surface area contributed by atoms with E-state index in [-0.39, 0.29) is 11.8 Å². The number of rotatable bonds is 7. The summed E-state index contributed by atoms with van der Waals surface area (Å²) in [4.78, 5) is 12.4. The highest BCUT2D eigenvalue weighted by molar-refractivity contribution is 7.86. The number of carbonyl (C=O) groups excluding carboxylic acids is 1. The van der Waals surface area contributed by atoms with Crippen LogP contribution < -0.4 is 10.1 Å². The maximum atomic E-state index is 12.4. The van der Waals surface area contributed by atoms with E-state index in [1.54, 1.807) is 24.3 Å². The van der Waals surface area contributed by atoms with E-state index < -0.39 is 10.2 Å². The van der Waals surface area contributed by atoms with Crippen molar-refractivity contribution >= 4 is 21.8 Å². The monoisotopic (exact) mass is 367 g/mol. The van der Waals surface area contributed by atoms with Crippen molar-refractivity contribution in [2.24, 2.45) is 5.92 Å². The van der Waals surface area contributed by atoms with Crippen molar-refractivity contribution < 1.29 is 17.9 Å². The molecule has 1 aliphatic heterocycles. The van der Waals surface area contributed by atoms with Gasteiger partial charge in [0.25, 0.3) is 10.2 Å². The lowest BCUT2D eigenvalue weighted by Crippen LogP contribution is -2.46. The summed E-state index contributed by atoms with van der Waals surface area (Å²) in [5.41, 5.74) is 0.662. The zero-order chi connectivity index (χ0) is 18.4. The second kappa shape index (κ2) is 8.46. The average molecular weight is 367 g/mol. The van der Waals surface area contributed by atoms with Gasteiger partial charge in [-0.2, -0.15) is 17.0 Å². The number of ether oxygens (including phenoxy) is 1. The van der Waals surface area contributed by atoms with Crippen molar-refractivity contribution in [3.05, 3.63) is 36.9 Å². The van der Waals surface area contributed by atoms with Gasteiger partial charge in [-0.1, -0.05) is 18.7 Å². The number of nitrogens with one attached hydrogen (secondary N) is 1. The number of piperidine rings is 1. The molecular weight excluding hydrogens is 342 g/mol. The van der Waals surface area contributed by atoms with Crippen LogP contribution in [0.3, 0.4) is 0 Å². The molecule has 1 saturated heterocycles. The van der Waals surface area contributed by atoms with Crippen LogP contribution in [-0.2, 0) is 15.0 Å². The summed E-state index contributed by atoms with van der Waals surface area (Å²) in [5.74, 6) is 0.360. The molecule has 2 rings (SSSR count). The van der Waals surface area contributed by atoms with Crippen molar-refractivity contribution in [2.75, 3.05) is 39.1 Å². The summed E-state index contributed by atoms with van der Waals surface area (Å²) in [5, 5.41) is 2.88. The first-order valence-electron chi connectivity index (χ1n) is 8.17. The summed E-state index contributed by atoms with van der Waals surface area (Å²) >= 11 is 0. The van der Waals surface area contributed by atoms with Gasteiger partial charge in [-0.15, -0.1) is 0 Å². The number of hydrogen-bond donors (Lipinski definition) is 1. The quantitative estimate of drug-likeness (QED) is 0.744. The summed E-state index contributed by atoms with van der Waals surface area (Å²) in [6, 6.07) is 7.17. The van der Waals surface area contributed by atoms with E-state index in [0.29, 0.717) is 44.0 Å². The second-order valence-electron chi connectivity index (χ2n) is 6.08. The van der Waals surface area contributed by atoms with E-state index in [9.17, 15) is 13.2 Å². The van der Waals surface area contributed by atoms with E-state index >= 15 is 0 Å². The Morgan fingerprint density at radius 1 is 1.40 bits per heavy atom. The Bertz CT molecular complexity index is 710. The lowest BCUT2D eigenvalue weighted by Gasteiger charge is -2.32. The molecule has 0 atom stereocenters. The van der Waals surface area contributed by atoms with Crippen LogP contribution in [0.1, 0.15) is 12.8 Å². The molecule has 0 unspecified atom stereocenters. The number of amides is 1. The Labute approximate surface area is 149 Å². The molecule has 25 heavy (non-hydrogen) atoms. The Hall–Kier alpha value is -1.90. The van der Waals surface area contributed by atoms with E-state index in [0.717, 1.165) is 0 Å². The first kappa shape index (κ1) is 19.4. The van der Waals surface area contributed by atoms with Crippen molar-refractivity contribution in [3.8, 4) is 5.75 Å². The van der Waals surface area contributed by atoms with Crippen LogP contribution in [0.5, 0.6) is 5.75 Å². The zero-order valence-corrected chi connectivity index (χ0v) is 15.5.